The molecule has 0 amide bonds. The quantitative estimate of drug-likeness (QED) is 0.0447. The van der Waals surface area contributed by atoms with Crippen LogP contribution in [0.3, 0.4) is 0 Å². The summed E-state index contributed by atoms with van der Waals surface area (Å²) in [5.74, 6) is -1.96. The number of carboxylic acid groups (broad SMARTS) is 3. The van der Waals surface area contributed by atoms with Crippen LogP contribution in [-0.2, 0) is 14.4 Å². The topological polar surface area (TPSA) is 132 Å². The lowest BCUT2D eigenvalue weighted by atomic mass is 10.0. The molecule has 0 fully saturated rings. The smallest absolute Gasteiger partial charge is 0.303 e. The highest BCUT2D eigenvalue weighted by Gasteiger charge is 2.00. The van der Waals surface area contributed by atoms with E-state index in [9.17, 15) is 14.4 Å². The summed E-state index contributed by atoms with van der Waals surface area (Å²) in [5, 5.41) is 33.6. The molecule has 64 heavy (non-hydrogen) atoms. The predicted octanol–water partition coefficient (Wildman–Crippen LogP) is 19.4. The minimum Gasteiger partial charge on any atom is -0.481 e. The standard InChI is InChI=1S/3C18H36O2.C3H8O/c3*1-2-3-4-5-6-7-8-9-10-11-12-13-14-15-16-17-18(19)20;1-3(2)4/h3*2-17H2,1H3,(H,19,20);3-4H,1-2H3. The summed E-state index contributed by atoms with van der Waals surface area (Å²) in [4.78, 5) is 31.0. The first kappa shape index (κ1) is 68.9. The Balaban J connectivity index is -0.000000404. The zero-order valence-electron chi connectivity index (χ0n) is 44.0. The van der Waals surface area contributed by atoms with Crippen LogP contribution in [0.15, 0.2) is 0 Å². The Bertz CT molecular complexity index is 753. The number of aliphatic carboxylic acids is 3. The summed E-state index contributed by atoms with van der Waals surface area (Å²) in [7, 11) is 0. The van der Waals surface area contributed by atoms with Gasteiger partial charge in [-0.2, -0.15) is 0 Å². The van der Waals surface area contributed by atoms with Crippen molar-refractivity contribution < 1.29 is 34.8 Å². The first-order valence-corrected chi connectivity index (χ1v) is 28.4. The van der Waals surface area contributed by atoms with E-state index in [4.69, 9.17) is 20.4 Å². The fourth-order valence-corrected chi connectivity index (χ4v) is 7.94. The summed E-state index contributed by atoms with van der Waals surface area (Å²) >= 11 is 0. The van der Waals surface area contributed by atoms with Crippen molar-refractivity contribution in [1.82, 2.24) is 0 Å². The molecule has 386 valence electrons. The molecule has 0 radical (unpaired) electrons. The van der Waals surface area contributed by atoms with Crippen molar-refractivity contribution in [1.29, 1.82) is 0 Å². The van der Waals surface area contributed by atoms with Gasteiger partial charge in [-0.3, -0.25) is 14.4 Å². The lowest BCUT2D eigenvalue weighted by Crippen LogP contribution is -1.93. The lowest BCUT2D eigenvalue weighted by Gasteiger charge is -2.03. The van der Waals surface area contributed by atoms with E-state index in [1.54, 1.807) is 13.8 Å². The Morgan fingerprint density at radius 2 is 0.344 bits per heavy atom. The number of aliphatic hydroxyl groups excluding tert-OH is 1. The predicted molar refractivity (Wildman–Crippen MR) is 279 cm³/mol. The first-order valence-electron chi connectivity index (χ1n) is 28.4. The van der Waals surface area contributed by atoms with E-state index in [1.165, 1.54) is 250 Å². The molecule has 0 aliphatic carbocycles. The summed E-state index contributed by atoms with van der Waals surface area (Å²) in [5.41, 5.74) is 0. The highest BCUT2D eigenvalue weighted by molar-refractivity contribution is 5.67. The lowest BCUT2D eigenvalue weighted by molar-refractivity contribution is -0.138. The first-order chi connectivity index (χ1) is 31.0. The van der Waals surface area contributed by atoms with Crippen LogP contribution in [0.5, 0.6) is 0 Å². The van der Waals surface area contributed by atoms with E-state index in [0.717, 1.165) is 38.5 Å². The maximum Gasteiger partial charge on any atom is 0.303 e. The molecular formula is C57H116O7. The zero-order valence-corrected chi connectivity index (χ0v) is 44.0. The van der Waals surface area contributed by atoms with Crippen molar-refractivity contribution in [3.05, 3.63) is 0 Å². The van der Waals surface area contributed by atoms with Gasteiger partial charge in [0, 0.05) is 25.4 Å². The number of hydrogen-bond donors (Lipinski definition) is 4. The van der Waals surface area contributed by atoms with Gasteiger partial charge in [-0.15, -0.1) is 0 Å². The van der Waals surface area contributed by atoms with Crippen molar-refractivity contribution in [3.63, 3.8) is 0 Å². The number of unbranched alkanes of at least 4 members (excludes halogenated alkanes) is 42. The summed E-state index contributed by atoms with van der Waals surface area (Å²) in [6, 6.07) is 0. The number of carbonyl (C=O) groups is 3. The minimum atomic E-state index is -0.653. The van der Waals surface area contributed by atoms with Gasteiger partial charge in [0.15, 0.2) is 0 Å². The molecule has 0 unspecified atom stereocenters. The monoisotopic (exact) mass is 913 g/mol. The van der Waals surface area contributed by atoms with Gasteiger partial charge in [-0.05, 0) is 33.1 Å². The molecule has 7 heteroatoms. The van der Waals surface area contributed by atoms with E-state index < -0.39 is 17.9 Å². The van der Waals surface area contributed by atoms with Crippen molar-refractivity contribution >= 4 is 17.9 Å². The molecule has 0 saturated heterocycles. The third-order valence-corrected chi connectivity index (χ3v) is 12.0. The number of aliphatic hydroxyl groups is 1. The third kappa shape index (κ3) is 87.3. The van der Waals surface area contributed by atoms with Gasteiger partial charge in [0.05, 0.1) is 0 Å². The van der Waals surface area contributed by atoms with E-state index in [-0.39, 0.29) is 6.10 Å². The normalized spacial score (nSPS) is 10.7. The number of carboxylic acids is 3. The van der Waals surface area contributed by atoms with Crippen LogP contribution in [0.2, 0.25) is 0 Å². The largest absolute Gasteiger partial charge is 0.481 e. The van der Waals surface area contributed by atoms with Crippen LogP contribution in [0, 0.1) is 0 Å². The molecule has 0 aromatic heterocycles. The van der Waals surface area contributed by atoms with Crippen molar-refractivity contribution in [2.45, 2.75) is 349 Å². The second kappa shape index (κ2) is 65.6. The van der Waals surface area contributed by atoms with Gasteiger partial charge < -0.3 is 20.4 Å². The van der Waals surface area contributed by atoms with Crippen molar-refractivity contribution in [3.8, 4) is 0 Å². The molecule has 7 nitrogen and oxygen atoms in total. The maximum absolute atomic E-state index is 10.3. The fourth-order valence-electron chi connectivity index (χ4n) is 7.94. The van der Waals surface area contributed by atoms with E-state index in [0.29, 0.717) is 19.3 Å². The molecule has 0 heterocycles. The molecule has 0 aromatic carbocycles. The van der Waals surface area contributed by atoms with Gasteiger partial charge in [0.1, 0.15) is 0 Å². The van der Waals surface area contributed by atoms with Crippen molar-refractivity contribution in [2.75, 3.05) is 0 Å². The summed E-state index contributed by atoms with van der Waals surface area (Å²) in [6.45, 7) is 10.3. The van der Waals surface area contributed by atoms with Crippen molar-refractivity contribution in [2.24, 2.45) is 0 Å². The van der Waals surface area contributed by atoms with E-state index in [2.05, 4.69) is 20.8 Å². The Morgan fingerprint density at radius 3 is 0.438 bits per heavy atom. The molecule has 0 rings (SSSR count). The van der Waals surface area contributed by atoms with E-state index in [1.807, 2.05) is 0 Å². The molecular weight excluding hydrogens is 797 g/mol. The number of rotatable bonds is 48. The highest BCUT2D eigenvalue weighted by Crippen LogP contribution is 2.16. The summed E-state index contributed by atoms with van der Waals surface area (Å²) in [6.07, 6.45) is 60.4. The Kier molecular flexibility index (Phi) is 70.7. The fraction of sp³-hybridized carbons (Fsp3) is 0.947. The maximum atomic E-state index is 10.3. The second-order valence-electron chi connectivity index (χ2n) is 19.4. The average Bonchev–Trinajstić information content (AvgIpc) is 3.25. The van der Waals surface area contributed by atoms with Gasteiger partial charge in [0.25, 0.3) is 0 Å². The van der Waals surface area contributed by atoms with Crippen LogP contribution in [0.1, 0.15) is 343 Å². The molecule has 4 N–H and O–H groups in total. The Labute approximate surface area is 400 Å². The molecule has 0 aliphatic rings. The molecule has 0 aromatic rings. The Morgan fingerprint density at radius 1 is 0.250 bits per heavy atom. The van der Waals surface area contributed by atoms with Gasteiger partial charge in [0.2, 0.25) is 0 Å². The average molecular weight is 914 g/mol. The van der Waals surface area contributed by atoms with Crippen LogP contribution in [0.4, 0.5) is 0 Å². The Hall–Kier alpha value is -1.63. The minimum absolute atomic E-state index is 0.167. The molecule has 0 atom stereocenters. The van der Waals surface area contributed by atoms with E-state index >= 15 is 0 Å². The third-order valence-electron chi connectivity index (χ3n) is 12.0. The highest BCUT2D eigenvalue weighted by atomic mass is 16.4. The second-order valence-corrected chi connectivity index (χ2v) is 19.4. The van der Waals surface area contributed by atoms with Crippen LogP contribution >= 0.6 is 0 Å². The molecule has 0 aliphatic heterocycles. The summed E-state index contributed by atoms with van der Waals surface area (Å²) < 4.78 is 0. The van der Waals surface area contributed by atoms with Crippen LogP contribution < -0.4 is 0 Å². The van der Waals surface area contributed by atoms with Gasteiger partial charge in [-0.1, -0.05) is 290 Å². The van der Waals surface area contributed by atoms with Crippen LogP contribution in [0.25, 0.3) is 0 Å². The SMILES string of the molecule is CC(C)O.CCCCCCCCCCCCCCCCCC(=O)O.CCCCCCCCCCCCCCCCCC(=O)O.CCCCCCCCCCCCCCCCCC(=O)O. The van der Waals surface area contributed by atoms with Gasteiger partial charge >= 0.3 is 17.9 Å². The molecule has 0 saturated carbocycles. The van der Waals surface area contributed by atoms with Crippen LogP contribution in [-0.4, -0.2) is 44.4 Å². The molecule has 0 spiro atoms. The molecule has 0 bridgehead atoms. The zero-order chi connectivity index (χ0) is 48.3. The number of hydrogen-bond acceptors (Lipinski definition) is 4. The van der Waals surface area contributed by atoms with Gasteiger partial charge in [-0.25, -0.2) is 0 Å².